The minimum atomic E-state index is 0.246. The van der Waals surface area contributed by atoms with Gasteiger partial charge < -0.3 is 0 Å². The lowest BCUT2D eigenvalue weighted by molar-refractivity contribution is -0.113. The van der Waals surface area contributed by atoms with E-state index in [4.69, 9.17) is 0 Å². The van der Waals surface area contributed by atoms with E-state index in [0.717, 1.165) is 16.7 Å². The van der Waals surface area contributed by atoms with Crippen molar-refractivity contribution in [2.75, 3.05) is 6.26 Å². The van der Waals surface area contributed by atoms with Crippen LogP contribution in [0.1, 0.15) is 17.5 Å². The molecule has 3 rings (SSSR count). The Balaban J connectivity index is 2.03. The third-order valence-corrected chi connectivity index (χ3v) is 4.16. The number of carbonyl (C=O) groups excluding carboxylic acids is 1. The highest BCUT2D eigenvalue weighted by Crippen LogP contribution is 2.39. The van der Waals surface area contributed by atoms with E-state index in [1.54, 1.807) is 11.8 Å². The quantitative estimate of drug-likeness (QED) is 0.771. The fraction of sp³-hybridized carbons (Fsp3) is 0.118. The van der Waals surface area contributed by atoms with Gasteiger partial charge in [-0.3, -0.25) is 4.79 Å². The molecule has 0 saturated carbocycles. The largest absolute Gasteiger partial charge is 0.294 e. The maximum atomic E-state index is 11.9. The lowest BCUT2D eigenvalue weighted by Crippen LogP contribution is -2.15. The van der Waals surface area contributed by atoms with Crippen LogP contribution in [-0.4, -0.2) is 12.0 Å². The zero-order chi connectivity index (χ0) is 13.2. The van der Waals surface area contributed by atoms with Crippen molar-refractivity contribution in [1.29, 1.82) is 0 Å². The molecule has 1 nitrogen and oxygen atoms in total. The Bertz CT molecular complexity index is 639. The lowest BCUT2D eigenvalue weighted by Gasteiger charge is -2.23. The summed E-state index contributed by atoms with van der Waals surface area (Å²) in [6.07, 6.45) is 2.62. The topological polar surface area (TPSA) is 17.1 Å². The van der Waals surface area contributed by atoms with Gasteiger partial charge in [0, 0.05) is 16.9 Å². The first-order chi connectivity index (χ1) is 9.29. The molecule has 0 spiro atoms. The van der Waals surface area contributed by atoms with Crippen LogP contribution in [0.25, 0.3) is 11.1 Å². The zero-order valence-corrected chi connectivity index (χ0v) is 11.5. The van der Waals surface area contributed by atoms with E-state index in [1.165, 1.54) is 10.5 Å². The van der Waals surface area contributed by atoms with Gasteiger partial charge in [0.25, 0.3) is 0 Å². The molecule has 0 heterocycles. The number of Topliss-reactive ketones (excluding diaryl/α,β-unsaturated/α-hetero) is 1. The van der Waals surface area contributed by atoms with E-state index < -0.39 is 0 Å². The van der Waals surface area contributed by atoms with Crippen LogP contribution in [0.5, 0.6) is 0 Å². The second-order valence-electron chi connectivity index (χ2n) is 4.55. The van der Waals surface area contributed by atoms with E-state index in [1.807, 2.05) is 30.3 Å². The summed E-state index contributed by atoms with van der Waals surface area (Å²) < 4.78 is 0. The normalized spacial score (nSPS) is 14.5. The Kier molecular flexibility index (Phi) is 3.26. The van der Waals surface area contributed by atoms with E-state index >= 15 is 0 Å². The van der Waals surface area contributed by atoms with Gasteiger partial charge in [-0.1, -0.05) is 42.5 Å². The van der Waals surface area contributed by atoms with Crippen LogP contribution >= 0.6 is 11.8 Å². The van der Waals surface area contributed by atoms with Gasteiger partial charge >= 0.3 is 0 Å². The van der Waals surface area contributed by atoms with Gasteiger partial charge in [0.05, 0.1) is 0 Å². The van der Waals surface area contributed by atoms with Gasteiger partial charge in [-0.15, -0.1) is 11.8 Å². The van der Waals surface area contributed by atoms with Crippen LogP contribution in [0.3, 0.4) is 0 Å². The molecule has 0 aliphatic heterocycles. The number of thioether (sulfide) groups is 1. The SMILES string of the molecule is CSc1ccc(C2=C(c3ccccc3)C(=O)C2)cc1. The summed E-state index contributed by atoms with van der Waals surface area (Å²) in [5.41, 5.74) is 4.25. The van der Waals surface area contributed by atoms with Gasteiger partial charge in [-0.2, -0.15) is 0 Å². The number of hydrogen-bond donors (Lipinski definition) is 0. The van der Waals surface area contributed by atoms with Crippen molar-refractivity contribution in [3.8, 4) is 0 Å². The summed E-state index contributed by atoms with van der Waals surface area (Å²) >= 11 is 1.73. The van der Waals surface area contributed by atoms with E-state index in [2.05, 4.69) is 30.5 Å². The van der Waals surface area contributed by atoms with E-state index in [9.17, 15) is 4.79 Å². The van der Waals surface area contributed by atoms with Crippen molar-refractivity contribution in [3.05, 3.63) is 65.7 Å². The summed E-state index contributed by atoms with van der Waals surface area (Å²) in [4.78, 5) is 13.1. The molecule has 0 saturated heterocycles. The molecule has 19 heavy (non-hydrogen) atoms. The maximum absolute atomic E-state index is 11.9. The third kappa shape index (κ3) is 2.24. The number of benzene rings is 2. The highest BCUT2D eigenvalue weighted by Gasteiger charge is 2.28. The van der Waals surface area contributed by atoms with Crippen LogP contribution < -0.4 is 0 Å². The molecule has 0 unspecified atom stereocenters. The summed E-state index contributed by atoms with van der Waals surface area (Å²) in [5, 5.41) is 0. The fourth-order valence-electron chi connectivity index (χ4n) is 2.38. The first kappa shape index (κ1) is 12.2. The molecule has 0 atom stereocenters. The standard InChI is InChI=1S/C17H14OS/c1-19-14-9-7-12(8-10-14)15-11-16(18)17(15)13-5-3-2-4-6-13/h2-10H,11H2,1H3. The van der Waals surface area contributed by atoms with Gasteiger partial charge in [0.1, 0.15) is 0 Å². The monoisotopic (exact) mass is 266 g/mol. The second-order valence-corrected chi connectivity index (χ2v) is 5.43. The number of ketones is 1. The van der Waals surface area contributed by atoms with Crippen molar-refractivity contribution >= 4 is 28.7 Å². The number of rotatable bonds is 3. The molecule has 2 aromatic rings. The van der Waals surface area contributed by atoms with Crippen LogP contribution in [-0.2, 0) is 4.79 Å². The molecular weight excluding hydrogens is 252 g/mol. The Morgan fingerprint density at radius 3 is 2.16 bits per heavy atom. The predicted molar refractivity (Wildman–Crippen MR) is 81.1 cm³/mol. The van der Waals surface area contributed by atoms with E-state index in [-0.39, 0.29) is 5.78 Å². The highest BCUT2D eigenvalue weighted by atomic mass is 32.2. The minimum absolute atomic E-state index is 0.246. The van der Waals surface area contributed by atoms with Crippen LogP contribution in [0, 0.1) is 0 Å². The average molecular weight is 266 g/mol. The van der Waals surface area contributed by atoms with Crippen molar-refractivity contribution in [1.82, 2.24) is 0 Å². The molecule has 1 aliphatic carbocycles. The van der Waals surface area contributed by atoms with Gasteiger partial charge in [-0.05, 0) is 35.1 Å². The molecule has 0 N–H and O–H groups in total. The molecule has 0 amide bonds. The molecular formula is C17H14OS. The first-order valence-electron chi connectivity index (χ1n) is 6.26. The first-order valence-corrected chi connectivity index (χ1v) is 7.48. The lowest BCUT2D eigenvalue weighted by atomic mass is 9.79. The van der Waals surface area contributed by atoms with Crippen molar-refractivity contribution in [2.24, 2.45) is 0 Å². The smallest absolute Gasteiger partial charge is 0.168 e. The van der Waals surface area contributed by atoms with Crippen molar-refractivity contribution in [3.63, 3.8) is 0 Å². The van der Waals surface area contributed by atoms with Gasteiger partial charge in [-0.25, -0.2) is 0 Å². The third-order valence-electron chi connectivity index (χ3n) is 3.42. The number of carbonyl (C=O) groups is 1. The Morgan fingerprint density at radius 1 is 0.895 bits per heavy atom. The summed E-state index contributed by atoms with van der Waals surface area (Å²) in [6.45, 7) is 0. The molecule has 2 aromatic carbocycles. The van der Waals surface area contributed by atoms with E-state index in [0.29, 0.717) is 6.42 Å². The van der Waals surface area contributed by atoms with Crippen molar-refractivity contribution in [2.45, 2.75) is 11.3 Å². The number of allylic oxidation sites excluding steroid dienone is 2. The summed E-state index contributed by atoms with van der Waals surface area (Å²) in [6, 6.07) is 18.4. The average Bonchev–Trinajstić information content (AvgIpc) is 2.46. The molecule has 1 aliphatic rings. The molecule has 2 heteroatoms. The zero-order valence-electron chi connectivity index (χ0n) is 10.7. The van der Waals surface area contributed by atoms with Crippen LogP contribution in [0.15, 0.2) is 59.5 Å². The maximum Gasteiger partial charge on any atom is 0.168 e. The Morgan fingerprint density at radius 2 is 1.58 bits per heavy atom. The summed E-state index contributed by atoms with van der Waals surface area (Å²) in [5.74, 6) is 0.246. The van der Waals surface area contributed by atoms with Gasteiger partial charge in [0.15, 0.2) is 5.78 Å². The molecule has 0 aromatic heterocycles. The minimum Gasteiger partial charge on any atom is -0.294 e. The van der Waals surface area contributed by atoms with Gasteiger partial charge in [0.2, 0.25) is 0 Å². The predicted octanol–water partition coefficient (Wildman–Crippen LogP) is 4.29. The van der Waals surface area contributed by atoms with Crippen LogP contribution in [0.4, 0.5) is 0 Å². The molecule has 94 valence electrons. The number of hydrogen-bond acceptors (Lipinski definition) is 2. The summed E-state index contributed by atoms with van der Waals surface area (Å²) in [7, 11) is 0. The highest BCUT2D eigenvalue weighted by molar-refractivity contribution is 7.98. The van der Waals surface area contributed by atoms with Crippen LogP contribution in [0.2, 0.25) is 0 Å². The molecule has 0 fully saturated rings. The van der Waals surface area contributed by atoms with Crippen molar-refractivity contribution < 1.29 is 4.79 Å². The fourth-order valence-corrected chi connectivity index (χ4v) is 2.79. The Hall–Kier alpha value is -1.80. The molecule has 0 bridgehead atoms. The second kappa shape index (κ2) is 5.06. The molecule has 0 radical (unpaired) electrons. The Labute approximate surface area is 117 Å².